The fraction of sp³-hybridized carbons (Fsp3) is 0.310. The molecule has 12 heteroatoms. The Hall–Kier alpha value is -2.79. The van der Waals surface area contributed by atoms with E-state index in [1.54, 1.807) is 49.4 Å². The normalized spacial score (nSPS) is 12.0. The number of nitrogens with one attached hydrogen (secondary N) is 1. The van der Waals surface area contributed by atoms with E-state index in [0.717, 1.165) is 9.87 Å². The number of benzene rings is 3. The van der Waals surface area contributed by atoms with Crippen molar-refractivity contribution in [3.05, 3.63) is 86.3 Å². The number of halogens is 3. The van der Waals surface area contributed by atoms with Crippen molar-refractivity contribution in [1.82, 2.24) is 10.2 Å². The Morgan fingerprint density at radius 3 is 2.32 bits per heavy atom. The number of hydrogen-bond donors (Lipinski definition) is 1. The van der Waals surface area contributed by atoms with Crippen LogP contribution in [0.1, 0.15) is 31.4 Å². The van der Waals surface area contributed by atoms with Gasteiger partial charge in [0.2, 0.25) is 11.8 Å². The smallest absolute Gasteiger partial charge is 0.264 e. The fourth-order valence-electron chi connectivity index (χ4n) is 3.99. The molecule has 220 valence electrons. The van der Waals surface area contributed by atoms with Gasteiger partial charge in [0.1, 0.15) is 18.3 Å². The first kappa shape index (κ1) is 32.7. The number of ether oxygens (including phenoxy) is 1. The first-order chi connectivity index (χ1) is 19.4. The van der Waals surface area contributed by atoms with Crippen LogP contribution in [0.5, 0.6) is 5.75 Å². The lowest BCUT2D eigenvalue weighted by atomic mass is 10.1. The summed E-state index contributed by atoms with van der Waals surface area (Å²) in [6, 6.07) is 15.1. The highest BCUT2D eigenvalue weighted by Crippen LogP contribution is 2.31. The van der Waals surface area contributed by atoms with Crippen molar-refractivity contribution in [2.75, 3.05) is 24.5 Å². The zero-order chi connectivity index (χ0) is 30.3. The lowest BCUT2D eigenvalue weighted by molar-refractivity contribution is -0.139. The Kier molecular flexibility index (Phi) is 11.5. The van der Waals surface area contributed by atoms with Crippen LogP contribution < -0.4 is 14.4 Å². The number of hydrogen-bond acceptors (Lipinski definition) is 5. The molecule has 0 saturated carbocycles. The number of carbonyl (C=O) groups excluding carboxylic acids is 2. The van der Waals surface area contributed by atoms with Gasteiger partial charge in [0, 0.05) is 23.1 Å². The van der Waals surface area contributed by atoms with Gasteiger partial charge in [0.15, 0.2) is 0 Å². The fourth-order valence-corrected chi connectivity index (χ4v) is 6.59. The van der Waals surface area contributed by atoms with Gasteiger partial charge >= 0.3 is 0 Å². The predicted octanol–water partition coefficient (Wildman–Crippen LogP) is 6.21. The van der Waals surface area contributed by atoms with Crippen LogP contribution in [0, 0.1) is 6.92 Å². The highest BCUT2D eigenvalue weighted by Gasteiger charge is 2.33. The molecule has 0 radical (unpaired) electrons. The lowest BCUT2D eigenvalue weighted by Crippen LogP contribution is -2.51. The first-order valence-corrected chi connectivity index (χ1v) is 15.8. The summed E-state index contributed by atoms with van der Waals surface area (Å²) in [5.74, 6) is -0.499. The summed E-state index contributed by atoms with van der Waals surface area (Å²) < 4.78 is 34.7. The molecule has 0 bridgehead atoms. The van der Waals surface area contributed by atoms with Gasteiger partial charge in [-0.05, 0) is 84.2 Å². The van der Waals surface area contributed by atoms with Crippen LogP contribution in [-0.4, -0.2) is 51.4 Å². The molecule has 0 fully saturated rings. The van der Waals surface area contributed by atoms with Gasteiger partial charge in [0.25, 0.3) is 10.0 Å². The summed E-state index contributed by atoms with van der Waals surface area (Å²) in [5, 5.41) is 3.55. The van der Waals surface area contributed by atoms with E-state index in [4.69, 9.17) is 27.9 Å². The summed E-state index contributed by atoms with van der Waals surface area (Å²) in [5.41, 5.74) is 1.77. The van der Waals surface area contributed by atoms with Crippen molar-refractivity contribution in [3.8, 4) is 5.75 Å². The topological polar surface area (TPSA) is 96.0 Å². The highest BCUT2D eigenvalue weighted by atomic mass is 79.9. The van der Waals surface area contributed by atoms with E-state index >= 15 is 0 Å². The second-order valence-electron chi connectivity index (χ2n) is 9.37. The molecule has 8 nitrogen and oxygen atoms in total. The zero-order valence-corrected chi connectivity index (χ0v) is 27.1. The third-order valence-electron chi connectivity index (χ3n) is 6.38. The minimum absolute atomic E-state index is 0.0363. The van der Waals surface area contributed by atoms with Crippen molar-refractivity contribution in [3.63, 3.8) is 0 Å². The summed E-state index contributed by atoms with van der Waals surface area (Å²) in [6.07, 6.45) is 0.715. The standard InChI is InChI=1S/C29H32BrCl2N3O5S/c1-5-14-33-29(37)20(3)34(17-21-8-9-22(31)15-26(21)32)28(36)18-35(23-10-6-19(2)7-11-23)41(38,39)24-12-13-27(40-4)25(30)16-24/h6-13,15-16,20H,5,14,17-18H2,1-4H3,(H,33,37)/t20-/m0/s1. The monoisotopic (exact) mass is 683 g/mol. The number of aryl methyl sites for hydroxylation is 1. The van der Waals surface area contributed by atoms with E-state index < -0.39 is 28.5 Å². The van der Waals surface area contributed by atoms with Crippen LogP contribution in [-0.2, 0) is 26.2 Å². The Morgan fingerprint density at radius 2 is 1.73 bits per heavy atom. The molecule has 0 aromatic heterocycles. The molecule has 1 N–H and O–H groups in total. The molecule has 0 aliphatic carbocycles. The van der Waals surface area contributed by atoms with Crippen LogP contribution in [0.2, 0.25) is 10.0 Å². The van der Waals surface area contributed by atoms with Gasteiger partial charge in [-0.2, -0.15) is 0 Å². The molecule has 0 aliphatic heterocycles. The van der Waals surface area contributed by atoms with E-state index in [0.29, 0.717) is 44.5 Å². The highest BCUT2D eigenvalue weighted by molar-refractivity contribution is 9.10. The zero-order valence-electron chi connectivity index (χ0n) is 23.2. The van der Waals surface area contributed by atoms with Crippen LogP contribution in [0.3, 0.4) is 0 Å². The molecule has 0 saturated heterocycles. The predicted molar refractivity (Wildman–Crippen MR) is 166 cm³/mol. The van der Waals surface area contributed by atoms with E-state index in [9.17, 15) is 18.0 Å². The average molecular weight is 685 g/mol. The van der Waals surface area contributed by atoms with Crippen molar-refractivity contribution in [2.45, 2.75) is 44.7 Å². The summed E-state index contributed by atoms with van der Waals surface area (Å²) in [4.78, 5) is 28.2. The molecule has 0 spiro atoms. The maximum atomic E-state index is 14.0. The van der Waals surface area contributed by atoms with Gasteiger partial charge in [-0.25, -0.2) is 8.42 Å². The molecule has 1 atom stereocenters. The molecule has 3 aromatic rings. The number of methoxy groups -OCH3 is 1. The molecule has 0 heterocycles. The van der Waals surface area contributed by atoms with Crippen LogP contribution in [0.15, 0.2) is 70.0 Å². The third-order valence-corrected chi connectivity index (χ3v) is 9.36. The van der Waals surface area contributed by atoms with Gasteiger partial charge in [-0.1, -0.05) is 53.9 Å². The van der Waals surface area contributed by atoms with E-state index in [1.165, 1.54) is 30.2 Å². The number of amides is 2. The average Bonchev–Trinajstić information content (AvgIpc) is 2.94. The number of nitrogens with zero attached hydrogens (tertiary/aromatic N) is 2. The SMILES string of the molecule is CCCNC(=O)[C@H](C)N(Cc1ccc(Cl)cc1Cl)C(=O)CN(c1ccc(C)cc1)S(=O)(=O)c1ccc(OC)c(Br)c1. The van der Waals surface area contributed by atoms with Gasteiger partial charge in [0.05, 0.1) is 22.2 Å². The minimum atomic E-state index is -4.23. The molecule has 3 aromatic carbocycles. The quantitative estimate of drug-likeness (QED) is 0.245. The van der Waals surface area contributed by atoms with E-state index in [-0.39, 0.29) is 17.3 Å². The maximum absolute atomic E-state index is 14.0. The first-order valence-electron chi connectivity index (χ1n) is 12.8. The Labute approximate surface area is 259 Å². The van der Waals surface area contributed by atoms with Crippen molar-refractivity contribution in [2.24, 2.45) is 0 Å². The third kappa shape index (κ3) is 8.16. The Balaban J connectivity index is 2.06. The molecule has 3 rings (SSSR count). The molecule has 2 amide bonds. The van der Waals surface area contributed by atoms with Crippen LogP contribution in [0.25, 0.3) is 0 Å². The number of rotatable bonds is 12. The van der Waals surface area contributed by atoms with E-state index in [2.05, 4.69) is 21.2 Å². The molecule has 0 unspecified atom stereocenters. The van der Waals surface area contributed by atoms with Crippen LogP contribution in [0.4, 0.5) is 5.69 Å². The van der Waals surface area contributed by atoms with E-state index in [1.807, 2.05) is 13.8 Å². The van der Waals surface area contributed by atoms with Crippen molar-refractivity contribution in [1.29, 1.82) is 0 Å². The Bertz CT molecular complexity index is 1500. The molecule has 0 aliphatic rings. The van der Waals surface area contributed by atoms with Gasteiger partial charge < -0.3 is 15.0 Å². The minimum Gasteiger partial charge on any atom is -0.496 e. The lowest BCUT2D eigenvalue weighted by Gasteiger charge is -2.32. The van der Waals surface area contributed by atoms with Crippen molar-refractivity contribution < 1.29 is 22.7 Å². The number of carbonyl (C=O) groups is 2. The Morgan fingerprint density at radius 1 is 1.05 bits per heavy atom. The second-order valence-corrected chi connectivity index (χ2v) is 12.9. The van der Waals surface area contributed by atoms with Gasteiger partial charge in [-0.15, -0.1) is 0 Å². The summed E-state index contributed by atoms with van der Waals surface area (Å²) in [6.45, 7) is 5.23. The van der Waals surface area contributed by atoms with Gasteiger partial charge in [-0.3, -0.25) is 13.9 Å². The molecule has 41 heavy (non-hydrogen) atoms. The van der Waals surface area contributed by atoms with Crippen molar-refractivity contribution >= 4 is 66.7 Å². The van der Waals surface area contributed by atoms with Crippen LogP contribution >= 0.6 is 39.1 Å². The number of anilines is 1. The summed E-state index contributed by atoms with van der Waals surface area (Å²) >= 11 is 15.8. The second kappa shape index (κ2) is 14.4. The number of sulfonamides is 1. The maximum Gasteiger partial charge on any atom is 0.264 e. The molecular formula is C29H32BrCl2N3O5S. The largest absolute Gasteiger partial charge is 0.496 e. The molecular weight excluding hydrogens is 653 g/mol. The summed E-state index contributed by atoms with van der Waals surface area (Å²) in [7, 11) is -2.76.